The van der Waals surface area contributed by atoms with Gasteiger partial charge in [-0.25, -0.2) is 0 Å². The van der Waals surface area contributed by atoms with E-state index in [2.05, 4.69) is 51.3 Å². The van der Waals surface area contributed by atoms with Gasteiger partial charge in [-0.1, -0.05) is 48.9 Å². The molecule has 0 saturated heterocycles. The number of carbonyl (C=O) groups is 1. The Hall–Kier alpha value is -2.09. The lowest BCUT2D eigenvalue weighted by molar-refractivity contribution is -0.114. The number of halogens is 1. The molecule has 1 amide bonds. The molecule has 3 N–H and O–H groups in total. The fourth-order valence-corrected chi connectivity index (χ4v) is 3.72. The summed E-state index contributed by atoms with van der Waals surface area (Å²) in [5, 5.41) is 9.71. The molecule has 6 heteroatoms. The Morgan fingerprint density at radius 1 is 1.03 bits per heavy atom. The summed E-state index contributed by atoms with van der Waals surface area (Å²) >= 11 is 0. The van der Waals surface area contributed by atoms with Gasteiger partial charge in [-0.3, -0.25) is 9.79 Å². The van der Waals surface area contributed by atoms with E-state index < -0.39 is 0 Å². The van der Waals surface area contributed by atoms with E-state index in [-0.39, 0.29) is 35.3 Å². The predicted molar refractivity (Wildman–Crippen MR) is 131 cm³/mol. The summed E-state index contributed by atoms with van der Waals surface area (Å²) < 4.78 is 0. The molecular formula is C23H31IN4O. The van der Waals surface area contributed by atoms with Gasteiger partial charge in [-0.15, -0.1) is 24.0 Å². The number of hydrogen-bond donors (Lipinski definition) is 3. The number of benzene rings is 2. The second-order valence-corrected chi connectivity index (χ2v) is 7.48. The fourth-order valence-electron chi connectivity index (χ4n) is 3.72. The molecule has 0 unspecified atom stereocenters. The monoisotopic (exact) mass is 506 g/mol. The van der Waals surface area contributed by atoms with Crippen LogP contribution in [-0.4, -0.2) is 32.0 Å². The molecule has 3 rings (SSSR count). The molecule has 5 nitrogen and oxygen atoms in total. The molecule has 1 aliphatic rings. The van der Waals surface area contributed by atoms with E-state index in [1.807, 2.05) is 31.3 Å². The van der Waals surface area contributed by atoms with Gasteiger partial charge in [-0.05, 0) is 42.5 Å². The van der Waals surface area contributed by atoms with Crippen molar-refractivity contribution in [1.82, 2.24) is 10.6 Å². The Balaban J connectivity index is 0.00000300. The van der Waals surface area contributed by atoms with E-state index in [4.69, 9.17) is 0 Å². The first-order chi connectivity index (χ1) is 13.6. The van der Waals surface area contributed by atoms with E-state index >= 15 is 0 Å². The van der Waals surface area contributed by atoms with E-state index in [9.17, 15) is 4.79 Å². The zero-order chi connectivity index (χ0) is 19.8. The minimum absolute atomic E-state index is 0. The Kier molecular flexibility index (Phi) is 8.95. The van der Waals surface area contributed by atoms with Crippen molar-refractivity contribution in [2.75, 3.05) is 25.5 Å². The van der Waals surface area contributed by atoms with Crippen LogP contribution in [0.5, 0.6) is 0 Å². The van der Waals surface area contributed by atoms with Crippen LogP contribution in [-0.2, 0) is 16.6 Å². The minimum atomic E-state index is -0.0518. The number of guanidine groups is 1. The molecule has 0 aromatic heterocycles. The lowest BCUT2D eigenvalue weighted by Gasteiger charge is -2.43. The molecule has 0 heterocycles. The number of anilines is 1. The summed E-state index contributed by atoms with van der Waals surface area (Å²) in [6, 6.07) is 18.8. The van der Waals surface area contributed by atoms with Gasteiger partial charge >= 0.3 is 0 Å². The highest BCUT2D eigenvalue weighted by atomic mass is 127. The summed E-state index contributed by atoms with van der Waals surface area (Å²) in [4.78, 5) is 15.5. The van der Waals surface area contributed by atoms with Gasteiger partial charge in [0.05, 0.1) is 0 Å². The second kappa shape index (κ2) is 11.2. The largest absolute Gasteiger partial charge is 0.356 e. The summed E-state index contributed by atoms with van der Waals surface area (Å²) in [5.41, 5.74) is 3.70. The third-order valence-electron chi connectivity index (χ3n) is 5.50. The van der Waals surface area contributed by atoms with Gasteiger partial charge < -0.3 is 16.0 Å². The number of nitrogens with zero attached hydrogens (tertiary/aromatic N) is 1. The molecule has 2 aromatic rings. The van der Waals surface area contributed by atoms with Crippen LogP contribution >= 0.6 is 24.0 Å². The predicted octanol–water partition coefficient (Wildman–Crippen LogP) is 4.09. The van der Waals surface area contributed by atoms with Crippen molar-refractivity contribution in [3.8, 4) is 0 Å². The maximum Gasteiger partial charge on any atom is 0.221 e. The third-order valence-corrected chi connectivity index (χ3v) is 5.50. The number of amides is 1. The first-order valence-corrected chi connectivity index (χ1v) is 9.98. The number of hydrogen-bond acceptors (Lipinski definition) is 2. The number of aliphatic imine (C=N–C) groups is 1. The summed E-state index contributed by atoms with van der Waals surface area (Å²) in [5.74, 6) is 0.793. The molecule has 0 spiro atoms. The first-order valence-electron chi connectivity index (χ1n) is 9.98. The van der Waals surface area contributed by atoms with Gasteiger partial charge in [0.15, 0.2) is 5.96 Å². The van der Waals surface area contributed by atoms with E-state index in [0.29, 0.717) is 0 Å². The van der Waals surface area contributed by atoms with Crippen LogP contribution in [0.3, 0.4) is 0 Å². The van der Waals surface area contributed by atoms with Crippen LogP contribution in [0.1, 0.15) is 37.3 Å². The lowest BCUT2D eigenvalue weighted by atomic mass is 9.64. The van der Waals surface area contributed by atoms with Crippen LogP contribution in [0.2, 0.25) is 0 Å². The molecular weight excluding hydrogens is 475 g/mol. The normalized spacial score (nSPS) is 14.9. The Morgan fingerprint density at radius 2 is 1.72 bits per heavy atom. The van der Waals surface area contributed by atoms with E-state index in [0.717, 1.165) is 31.2 Å². The molecule has 1 aliphatic carbocycles. The molecule has 0 bridgehead atoms. The van der Waals surface area contributed by atoms with Crippen molar-refractivity contribution in [3.63, 3.8) is 0 Å². The maximum absolute atomic E-state index is 11.1. The van der Waals surface area contributed by atoms with Crippen LogP contribution < -0.4 is 16.0 Å². The van der Waals surface area contributed by atoms with Crippen molar-refractivity contribution in [1.29, 1.82) is 0 Å². The molecule has 2 aromatic carbocycles. The highest BCUT2D eigenvalue weighted by Gasteiger charge is 2.38. The van der Waals surface area contributed by atoms with Crippen molar-refractivity contribution < 1.29 is 4.79 Å². The van der Waals surface area contributed by atoms with Crippen LogP contribution in [0.4, 0.5) is 5.69 Å². The number of nitrogens with one attached hydrogen (secondary N) is 3. The van der Waals surface area contributed by atoms with Crippen molar-refractivity contribution in [2.24, 2.45) is 4.99 Å². The summed E-state index contributed by atoms with van der Waals surface area (Å²) in [7, 11) is 1.81. The molecule has 29 heavy (non-hydrogen) atoms. The zero-order valence-corrected chi connectivity index (χ0v) is 19.5. The zero-order valence-electron chi connectivity index (χ0n) is 17.2. The van der Waals surface area contributed by atoms with E-state index in [1.165, 1.54) is 37.3 Å². The van der Waals surface area contributed by atoms with Gasteiger partial charge in [0.1, 0.15) is 0 Å². The number of rotatable bonds is 7. The standard InChI is InChI=1S/C23H30N4O.HI/c1-18(28)27-21-11-9-19(10-12-21)13-16-25-22(24-2)26-17-23(14-6-15-23)20-7-4-3-5-8-20;/h3-5,7-12H,6,13-17H2,1-2H3,(H,27,28)(H2,24,25,26);1H. The summed E-state index contributed by atoms with van der Waals surface area (Å²) in [6.45, 7) is 3.22. The van der Waals surface area contributed by atoms with Gasteiger partial charge in [0.25, 0.3) is 0 Å². The van der Waals surface area contributed by atoms with Gasteiger partial charge in [0, 0.05) is 38.2 Å². The van der Waals surface area contributed by atoms with Crippen LogP contribution in [0.25, 0.3) is 0 Å². The van der Waals surface area contributed by atoms with E-state index in [1.54, 1.807) is 0 Å². The smallest absolute Gasteiger partial charge is 0.221 e. The topological polar surface area (TPSA) is 65.5 Å². The lowest BCUT2D eigenvalue weighted by Crippen LogP contribution is -2.49. The van der Waals surface area contributed by atoms with Gasteiger partial charge in [0.2, 0.25) is 5.91 Å². The maximum atomic E-state index is 11.1. The average Bonchev–Trinajstić information content (AvgIpc) is 2.67. The highest BCUT2D eigenvalue weighted by Crippen LogP contribution is 2.43. The first kappa shape index (κ1) is 23.2. The van der Waals surface area contributed by atoms with Crippen LogP contribution in [0, 0.1) is 0 Å². The molecule has 1 saturated carbocycles. The quantitative estimate of drug-likeness (QED) is 0.301. The van der Waals surface area contributed by atoms with Crippen molar-refractivity contribution >= 4 is 41.5 Å². The average molecular weight is 506 g/mol. The summed E-state index contributed by atoms with van der Waals surface area (Å²) in [6.07, 6.45) is 4.63. The SMILES string of the molecule is CN=C(NCCc1ccc(NC(C)=O)cc1)NCC1(c2ccccc2)CCC1.I. The number of carbonyl (C=O) groups excluding carboxylic acids is 1. The highest BCUT2D eigenvalue weighted by molar-refractivity contribution is 14.0. The fraction of sp³-hybridized carbons (Fsp3) is 0.391. The second-order valence-electron chi connectivity index (χ2n) is 7.48. The minimum Gasteiger partial charge on any atom is -0.356 e. The molecule has 0 aliphatic heterocycles. The molecule has 0 radical (unpaired) electrons. The van der Waals surface area contributed by atoms with Crippen molar-refractivity contribution in [2.45, 2.75) is 38.0 Å². The molecule has 156 valence electrons. The molecule has 0 atom stereocenters. The van der Waals surface area contributed by atoms with Gasteiger partial charge in [-0.2, -0.15) is 0 Å². The Morgan fingerprint density at radius 3 is 2.28 bits per heavy atom. The third kappa shape index (κ3) is 6.45. The Labute approximate surface area is 190 Å². The Bertz CT molecular complexity index is 801. The van der Waals surface area contributed by atoms with Crippen molar-refractivity contribution in [3.05, 3.63) is 65.7 Å². The molecule has 1 fully saturated rings. The van der Waals surface area contributed by atoms with Crippen LogP contribution in [0.15, 0.2) is 59.6 Å².